The van der Waals surface area contributed by atoms with E-state index < -0.39 is 5.82 Å². The average Bonchev–Trinajstić information content (AvgIpc) is 1.95. The van der Waals surface area contributed by atoms with Gasteiger partial charge in [0.1, 0.15) is 11.6 Å². The van der Waals surface area contributed by atoms with Gasteiger partial charge in [-0.1, -0.05) is 23.2 Å². The van der Waals surface area contributed by atoms with Gasteiger partial charge in [0.05, 0.1) is 5.02 Å². The maximum atomic E-state index is 12.4. The standard InChI is InChI=1S/C7H5Cl2FO/c8-4-11-7-2-1-5(10)3-6(7)9/h1-3H,4H2. The summed E-state index contributed by atoms with van der Waals surface area (Å²) >= 11 is 10.9. The molecule has 1 nitrogen and oxygen atoms in total. The summed E-state index contributed by atoms with van der Waals surface area (Å²) in [6.45, 7) is 0. The lowest BCUT2D eigenvalue weighted by Gasteiger charge is -2.02. The van der Waals surface area contributed by atoms with E-state index in [-0.39, 0.29) is 11.1 Å². The van der Waals surface area contributed by atoms with E-state index in [0.29, 0.717) is 5.75 Å². The Bertz CT molecular complexity index is 252. The molecule has 0 bridgehead atoms. The molecule has 0 atom stereocenters. The first-order valence-corrected chi connectivity index (χ1v) is 3.79. The Balaban J connectivity index is 2.90. The highest BCUT2D eigenvalue weighted by Gasteiger charge is 2.00. The second-order valence-electron chi connectivity index (χ2n) is 1.83. The van der Waals surface area contributed by atoms with Gasteiger partial charge < -0.3 is 4.74 Å². The van der Waals surface area contributed by atoms with Gasteiger partial charge in [-0.05, 0) is 18.2 Å². The topological polar surface area (TPSA) is 9.23 Å². The summed E-state index contributed by atoms with van der Waals surface area (Å²) < 4.78 is 17.3. The molecule has 0 saturated heterocycles. The van der Waals surface area contributed by atoms with Crippen LogP contribution in [-0.4, -0.2) is 6.07 Å². The van der Waals surface area contributed by atoms with Gasteiger partial charge in [-0.2, -0.15) is 0 Å². The highest BCUT2D eigenvalue weighted by atomic mass is 35.5. The van der Waals surface area contributed by atoms with Crippen LogP contribution in [0.5, 0.6) is 5.75 Å². The van der Waals surface area contributed by atoms with Crippen molar-refractivity contribution in [1.29, 1.82) is 0 Å². The van der Waals surface area contributed by atoms with Gasteiger partial charge in [0, 0.05) is 0 Å². The van der Waals surface area contributed by atoms with Crippen LogP contribution in [0.25, 0.3) is 0 Å². The van der Waals surface area contributed by atoms with Crippen LogP contribution in [0, 0.1) is 5.82 Å². The van der Waals surface area contributed by atoms with E-state index >= 15 is 0 Å². The SMILES string of the molecule is Fc1ccc(OCCl)c(Cl)c1. The number of alkyl halides is 1. The number of ether oxygens (including phenoxy) is 1. The van der Waals surface area contributed by atoms with Crippen molar-refractivity contribution in [1.82, 2.24) is 0 Å². The van der Waals surface area contributed by atoms with Crippen LogP contribution < -0.4 is 4.74 Å². The summed E-state index contributed by atoms with van der Waals surface area (Å²) in [6.07, 6.45) is 0. The van der Waals surface area contributed by atoms with E-state index in [1.165, 1.54) is 18.2 Å². The molecule has 0 aliphatic rings. The fourth-order valence-electron chi connectivity index (χ4n) is 0.651. The van der Waals surface area contributed by atoms with Gasteiger partial charge in [-0.25, -0.2) is 4.39 Å². The third-order valence-electron chi connectivity index (χ3n) is 1.10. The molecule has 0 saturated carbocycles. The van der Waals surface area contributed by atoms with Crippen LogP contribution in [0.4, 0.5) is 4.39 Å². The number of halogens is 3. The molecule has 11 heavy (non-hydrogen) atoms. The van der Waals surface area contributed by atoms with E-state index in [0.717, 1.165) is 0 Å². The Hall–Kier alpha value is -0.470. The molecule has 1 aromatic rings. The van der Waals surface area contributed by atoms with Crippen molar-refractivity contribution < 1.29 is 9.13 Å². The molecule has 0 N–H and O–H groups in total. The zero-order chi connectivity index (χ0) is 8.27. The van der Waals surface area contributed by atoms with Crippen LogP contribution in [0.1, 0.15) is 0 Å². The Morgan fingerprint density at radius 1 is 1.45 bits per heavy atom. The van der Waals surface area contributed by atoms with Crippen LogP contribution in [-0.2, 0) is 0 Å². The lowest BCUT2D eigenvalue weighted by atomic mass is 10.3. The molecule has 0 unspecified atom stereocenters. The average molecular weight is 195 g/mol. The molecule has 0 fully saturated rings. The van der Waals surface area contributed by atoms with Crippen molar-refractivity contribution >= 4 is 23.2 Å². The number of benzene rings is 1. The molecule has 4 heteroatoms. The molecule has 0 amide bonds. The smallest absolute Gasteiger partial charge is 0.162 e. The van der Waals surface area contributed by atoms with Gasteiger partial charge in [-0.15, -0.1) is 0 Å². The molecule has 1 rings (SSSR count). The van der Waals surface area contributed by atoms with E-state index in [1.54, 1.807) is 0 Å². The number of hydrogen-bond acceptors (Lipinski definition) is 1. The Labute approximate surface area is 73.7 Å². The van der Waals surface area contributed by atoms with Crippen molar-refractivity contribution in [2.75, 3.05) is 6.07 Å². The zero-order valence-electron chi connectivity index (χ0n) is 5.48. The minimum atomic E-state index is -0.392. The monoisotopic (exact) mass is 194 g/mol. The van der Waals surface area contributed by atoms with E-state index in [1.807, 2.05) is 0 Å². The highest BCUT2D eigenvalue weighted by molar-refractivity contribution is 6.32. The first kappa shape index (κ1) is 8.62. The second-order valence-corrected chi connectivity index (χ2v) is 2.45. The molecular weight excluding hydrogens is 190 g/mol. The Kier molecular flexibility index (Phi) is 2.97. The molecule has 0 heterocycles. The van der Waals surface area contributed by atoms with Crippen LogP contribution in [0.15, 0.2) is 18.2 Å². The minimum absolute atomic E-state index is 0.00531. The van der Waals surface area contributed by atoms with Crippen molar-refractivity contribution in [3.63, 3.8) is 0 Å². The van der Waals surface area contributed by atoms with Crippen LogP contribution >= 0.6 is 23.2 Å². The van der Waals surface area contributed by atoms with E-state index in [9.17, 15) is 4.39 Å². The maximum absolute atomic E-state index is 12.4. The van der Waals surface area contributed by atoms with E-state index in [2.05, 4.69) is 0 Å². The van der Waals surface area contributed by atoms with Crippen LogP contribution in [0.3, 0.4) is 0 Å². The lowest BCUT2D eigenvalue weighted by Crippen LogP contribution is -1.89. The molecular formula is C7H5Cl2FO. The van der Waals surface area contributed by atoms with Crippen molar-refractivity contribution in [3.8, 4) is 5.75 Å². The molecule has 0 aliphatic heterocycles. The summed E-state index contributed by atoms with van der Waals surface area (Å²) in [7, 11) is 0. The minimum Gasteiger partial charge on any atom is -0.476 e. The van der Waals surface area contributed by atoms with Gasteiger partial charge in [0.15, 0.2) is 6.07 Å². The summed E-state index contributed by atoms with van der Waals surface area (Å²) in [5.41, 5.74) is 0. The van der Waals surface area contributed by atoms with Crippen molar-refractivity contribution in [3.05, 3.63) is 29.0 Å². The third kappa shape index (κ3) is 2.24. The number of hydrogen-bond donors (Lipinski definition) is 0. The van der Waals surface area contributed by atoms with Crippen molar-refractivity contribution in [2.45, 2.75) is 0 Å². The largest absolute Gasteiger partial charge is 0.476 e. The Morgan fingerprint density at radius 2 is 2.18 bits per heavy atom. The van der Waals surface area contributed by atoms with Crippen LogP contribution in [0.2, 0.25) is 5.02 Å². The predicted molar refractivity (Wildman–Crippen MR) is 42.8 cm³/mol. The third-order valence-corrected chi connectivity index (χ3v) is 1.51. The predicted octanol–water partition coefficient (Wildman–Crippen LogP) is 3.05. The van der Waals surface area contributed by atoms with Gasteiger partial charge >= 0.3 is 0 Å². The van der Waals surface area contributed by atoms with Gasteiger partial charge in [0.25, 0.3) is 0 Å². The number of rotatable bonds is 2. The highest BCUT2D eigenvalue weighted by Crippen LogP contribution is 2.24. The quantitative estimate of drug-likeness (QED) is 0.659. The first-order valence-electron chi connectivity index (χ1n) is 2.88. The summed E-state index contributed by atoms with van der Waals surface area (Å²) in [5, 5.41) is 0.227. The zero-order valence-corrected chi connectivity index (χ0v) is 6.99. The lowest BCUT2D eigenvalue weighted by molar-refractivity contribution is 0.387. The normalized spacial score (nSPS) is 9.73. The van der Waals surface area contributed by atoms with E-state index in [4.69, 9.17) is 27.9 Å². The molecule has 1 aromatic carbocycles. The summed E-state index contributed by atoms with van der Waals surface area (Å²) in [5.74, 6) is -0.0000101. The fourth-order valence-corrected chi connectivity index (χ4v) is 0.990. The van der Waals surface area contributed by atoms with Crippen molar-refractivity contribution in [2.24, 2.45) is 0 Å². The summed E-state index contributed by atoms with van der Waals surface area (Å²) in [4.78, 5) is 0. The summed E-state index contributed by atoms with van der Waals surface area (Å²) in [6, 6.07) is 3.86. The molecule has 60 valence electrons. The molecule has 0 aliphatic carbocycles. The van der Waals surface area contributed by atoms with Gasteiger partial charge in [-0.3, -0.25) is 0 Å². The second kappa shape index (κ2) is 3.79. The molecule has 0 spiro atoms. The first-order chi connectivity index (χ1) is 5.24. The molecule has 0 aromatic heterocycles. The Morgan fingerprint density at radius 3 is 2.73 bits per heavy atom. The van der Waals surface area contributed by atoms with Gasteiger partial charge in [0.2, 0.25) is 0 Å². The maximum Gasteiger partial charge on any atom is 0.162 e. The molecule has 0 radical (unpaired) electrons. The fraction of sp³-hybridized carbons (Fsp3) is 0.143.